The first kappa shape index (κ1) is 20.9. The number of carbonyl (C=O) groups is 1. The van der Waals surface area contributed by atoms with Crippen LogP contribution in [0.2, 0.25) is 0 Å². The maximum atomic E-state index is 13.2. The topological polar surface area (TPSA) is 56.7 Å². The van der Waals surface area contributed by atoms with Gasteiger partial charge in [-0.25, -0.2) is 4.98 Å². The van der Waals surface area contributed by atoms with Crippen molar-refractivity contribution in [3.05, 3.63) is 78.9 Å². The molecule has 1 aliphatic rings. The van der Waals surface area contributed by atoms with Crippen molar-refractivity contribution in [1.29, 1.82) is 0 Å². The molecule has 31 heavy (non-hydrogen) atoms. The number of phenolic OH excluding ortho intramolecular Hbond substituents is 1. The zero-order chi connectivity index (χ0) is 21.6. The number of aromatic nitrogens is 1. The lowest BCUT2D eigenvalue weighted by Gasteiger charge is -2.34. The van der Waals surface area contributed by atoms with Crippen LogP contribution in [0.3, 0.4) is 0 Å². The summed E-state index contributed by atoms with van der Waals surface area (Å²) in [5.41, 5.74) is 1.86. The number of anilines is 1. The second kappa shape index (κ2) is 9.65. The average molecular weight is 416 g/mol. The van der Waals surface area contributed by atoms with Crippen LogP contribution in [0, 0.1) is 5.92 Å². The highest BCUT2D eigenvalue weighted by atomic mass is 16.3. The predicted octanol–water partition coefficient (Wildman–Crippen LogP) is 4.41. The van der Waals surface area contributed by atoms with E-state index >= 15 is 0 Å². The molecule has 1 saturated heterocycles. The zero-order valence-corrected chi connectivity index (χ0v) is 17.8. The Morgan fingerprint density at radius 3 is 2.61 bits per heavy atom. The number of para-hydroxylation sites is 1. The van der Waals surface area contributed by atoms with Gasteiger partial charge in [-0.15, -0.1) is 6.58 Å². The normalized spacial score (nSPS) is 14.5. The number of hydrogen-bond acceptors (Lipinski definition) is 4. The van der Waals surface area contributed by atoms with Crippen molar-refractivity contribution in [3.8, 4) is 5.75 Å². The molecule has 5 nitrogen and oxygen atoms in total. The minimum absolute atomic E-state index is 0.0285. The van der Waals surface area contributed by atoms with Crippen LogP contribution in [-0.2, 0) is 11.2 Å². The van der Waals surface area contributed by atoms with Gasteiger partial charge in [-0.2, -0.15) is 0 Å². The fraction of sp³-hybridized carbons (Fsp3) is 0.308. The first-order valence-corrected chi connectivity index (χ1v) is 10.9. The number of hydrogen-bond donors (Lipinski definition) is 1. The minimum Gasteiger partial charge on any atom is -0.506 e. The Hall–Kier alpha value is -3.34. The van der Waals surface area contributed by atoms with E-state index in [9.17, 15) is 9.90 Å². The second-order valence-corrected chi connectivity index (χ2v) is 8.09. The highest BCUT2D eigenvalue weighted by Gasteiger charge is 2.28. The van der Waals surface area contributed by atoms with Crippen LogP contribution in [0.15, 0.2) is 73.3 Å². The highest BCUT2D eigenvalue weighted by molar-refractivity contribution is 5.85. The Balaban J connectivity index is 1.38. The molecule has 0 bridgehead atoms. The van der Waals surface area contributed by atoms with Gasteiger partial charge < -0.3 is 14.9 Å². The SMILES string of the molecule is C=CCN(CCc1ccccc1)C(=O)C1CCN(c2ccc3cccc(O)c3n2)CC1. The van der Waals surface area contributed by atoms with E-state index in [4.69, 9.17) is 0 Å². The number of aromatic hydroxyl groups is 1. The van der Waals surface area contributed by atoms with Gasteiger partial charge in [-0.05, 0) is 43.0 Å². The predicted molar refractivity (Wildman–Crippen MR) is 125 cm³/mol. The summed E-state index contributed by atoms with van der Waals surface area (Å²) in [6.07, 6.45) is 4.27. The molecule has 5 heteroatoms. The van der Waals surface area contributed by atoms with Gasteiger partial charge in [0.25, 0.3) is 0 Å². The number of rotatable bonds is 7. The Morgan fingerprint density at radius 1 is 1.10 bits per heavy atom. The van der Waals surface area contributed by atoms with Gasteiger partial charge in [-0.3, -0.25) is 4.79 Å². The average Bonchev–Trinajstić information content (AvgIpc) is 2.82. The van der Waals surface area contributed by atoms with Crippen molar-refractivity contribution in [2.24, 2.45) is 5.92 Å². The van der Waals surface area contributed by atoms with E-state index in [1.165, 1.54) is 5.56 Å². The van der Waals surface area contributed by atoms with Crippen LogP contribution in [0.5, 0.6) is 5.75 Å². The Morgan fingerprint density at radius 2 is 1.87 bits per heavy atom. The van der Waals surface area contributed by atoms with E-state index in [1.54, 1.807) is 6.07 Å². The number of phenols is 1. The van der Waals surface area contributed by atoms with Crippen LogP contribution >= 0.6 is 0 Å². The molecule has 1 aliphatic heterocycles. The molecule has 160 valence electrons. The van der Waals surface area contributed by atoms with Gasteiger partial charge in [-0.1, -0.05) is 48.5 Å². The number of carbonyl (C=O) groups excluding carboxylic acids is 1. The summed E-state index contributed by atoms with van der Waals surface area (Å²) < 4.78 is 0. The third-order valence-electron chi connectivity index (χ3n) is 6.03. The van der Waals surface area contributed by atoms with Crippen molar-refractivity contribution in [3.63, 3.8) is 0 Å². The molecule has 0 aliphatic carbocycles. The lowest BCUT2D eigenvalue weighted by molar-refractivity contribution is -0.135. The fourth-order valence-electron chi connectivity index (χ4n) is 4.27. The summed E-state index contributed by atoms with van der Waals surface area (Å²) in [5, 5.41) is 11.0. The molecule has 2 heterocycles. The van der Waals surface area contributed by atoms with Gasteiger partial charge in [0.05, 0.1) is 0 Å². The standard InChI is InChI=1S/C26H29N3O2/c1-2-16-29(17-13-20-7-4-3-5-8-20)26(31)22-14-18-28(19-15-22)24-12-11-21-9-6-10-23(30)25(21)27-24/h2-12,22,30H,1,13-19H2. The number of amides is 1. The summed E-state index contributed by atoms with van der Waals surface area (Å²) in [4.78, 5) is 22.0. The molecule has 0 saturated carbocycles. The quantitative estimate of drug-likeness (QED) is 0.581. The van der Waals surface area contributed by atoms with Gasteiger partial charge in [0, 0.05) is 37.5 Å². The maximum absolute atomic E-state index is 13.2. The van der Waals surface area contributed by atoms with Crippen molar-refractivity contribution >= 4 is 22.6 Å². The van der Waals surface area contributed by atoms with Crippen molar-refractivity contribution in [1.82, 2.24) is 9.88 Å². The summed E-state index contributed by atoms with van der Waals surface area (Å²) in [5.74, 6) is 1.30. The molecular formula is C26H29N3O2. The maximum Gasteiger partial charge on any atom is 0.226 e. The summed E-state index contributed by atoms with van der Waals surface area (Å²) in [6, 6.07) is 19.7. The van der Waals surface area contributed by atoms with Crippen LogP contribution in [0.1, 0.15) is 18.4 Å². The number of nitrogens with zero attached hydrogens (tertiary/aromatic N) is 3. The molecule has 1 aromatic heterocycles. The lowest BCUT2D eigenvalue weighted by Crippen LogP contribution is -2.43. The Kier molecular flexibility index (Phi) is 6.51. The Bertz CT molecular complexity index is 1040. The van der Waals surface area contributed by atoms with E-state index < -0.39 is 0 Å². The van der Waals surface area contributed by atoms with Crippen LogP contribution < -0.4 is 4.90 Å². The van der Waals surface area contributed by atoms with Crippen molar-refractivity contribution < 1.29 is 9.90 Å². The molecule has 0 spiro atoms. The van der Waals surface area contributed by atoms with Crippen LogP contribution in [0.4, 0.5) is 5.82 Å². The van der Waals surface area contributed by atoms with Gasteiger partial charge >= 0.3 is 0 Å². The first-order valence-electron chi connectivity index (χ1n) is 10.9. The van der Waals surface area contributed by atoms with Crippen molar-refractivity contribution in [2.45, 2.75) is 19.3 Å². The number of pyridine rings is 1. The van der Waals surface area contributed by atoms with Crippen LogP contribution in [-0.4, -0.2) is 47.1 Å². The van der Waals surface area contributed by atoms with E-state index in [-0.39, 0.29) is 17.6 Å². The van der Waals surface area contributed by atoms with E-state index in [2.05, 4.69) is 28.6 Å². The second-order valence-electron chi connectivity index (χ2n) is 8.09. The summed E-state index contributed by atoms with van der Waals surface area (Å²) in [6.45, 7) is 6.69. The van der Waals surface area contributed by atoms with E-state index in [1.807, 2.05) is 53.4 Å². The molecular weight excluding hydrogens is 386 g/mol. The first-order chi connectivity index (χ1) is 15.2. The molecule has 0 atom stereocenters. The monoisotopic (exact) mass is 415 g/mol. The number of piperidine rings is 1. The third-order valence-corrected chi connectivity index (χ3v) is 6.03. The van der Waals surface area contributed by atoms with E-state index in [0.717, 1.165) is 43.6 Å². The minimum atomic E-state index is 0.0285. The Labute approximate surface area is 183 Å². The van der Waals surface area contributed by atoms with Gasteiger partial charge in [0.15, 0.2) is 0 Å². The smallest absolute Gasteiger partial charge is 0.226 e. The molecule has 1 fully saturated rings. The molecule has 1 N–H and O–H groups in total. The summed E-state index contributed by atoms with van der Waals surface area (Å²) >= 11 is 0. The molecule has 3 aromatic rings. The third kappa shape index (κ3) is 4.88. The highest BCUT2D eigenvalue weighted by Crippen LogP contribution is 2.28. The van der Waals surface area contributed by atoms with Crippen molar-refractivity contribution in [2.75, 3.05) is 31.1 Å². The molecule has 0 unspecified atom stereocenters. The van der Waals surface area contributed by atoms with Gasteiger partial charge in [0.1, 0.15) is 17.1 Å². The largest absolute Gasteiger partial charge is 0.506 e. The fourth-order valence-corrected chi connectivity index (χ4v) is 4.27. The summed E-state index contributed by atoms with van der Waals surface area (Å²) in [7, 11) is 0. The number of benzene rings is 2. The molecule has 2 aromatic carbocycles. The molecule has 1 amide bonds. The number of fused-ring (bicyclic) bond motifs is 1. The zero-order valence-electron chi connectivity index (χ0n) is 17.8. The van der Waals surface area contributed by atoms with Gasteiger partial charge in [0.2, 0.25) is 5.91 Å². The van der Waals surface area contributed by atoms with Crippen LogP contribution in [0.25, 0.3) is 10.9 Å². The molecule has 4 rings (SSSR count). The lowest BCUT2D eigenvalue weighted by atomic mass is 9.95. The molecule has 0 radical (unpaired) electrons. The van der Waals surface area contributed by atoms with E-state index in [0.29, 0.717) is 18.6 Å².